The summed E-state index contributed by atoms with van der Waals surface area (Å²) in [5.74, 6) is 0. The van der Waals surface area contributed by atoms with Crippen molar-refractivity contribution in [1.82, 2.24) is 0 Å². The average molecular weight is 173 g/mol. The Hall–Kier alpha value is -0.135. The van der Waals surface area contributed by atoms with Gasteiger partial charge < -0.3 is 0 Å². The van der Waals surface area contributed by atoms with Gasteiger partial charge in [-0.25, -0.2) is 0 Å². The molecule has 0 atom stereocenters. The molecule has 0 nitrogen and oxygen atoms in total. The van der Waals surface area contributed by atoms with Gasteiger partial charge in [0.2, 0.25) is 0 Å². The van der Waals surface area contributed by atoms with E-state index in [2.05, 4.69) is 0 Å². The van der Waals surface area contributed by atoms with E-state index in [4.69, 9.17) is 23.2 Å². The molecule has 0 aliphatic rings. The molecule has 10 heavy (non-hydrogen) atoms. The Labute approximate surface area is 71.6 Å². The molecule has 52 valence electrons. The van der Waals surface area contributed by atoms with E-state index in [1.165, 1.54) is 0 Å². The Morgan fingerprint density at radius 3 is 2.40 bits per heavy atom. The molecular weight excluding hydrogens is 166 g/mol. The molecule has 1 aromatic rings. The molecule has 0 amide bonds. The van der Waals surface area contributed by atoms with Crippen LogP contribution in [0.5, 0.6) is 0 Å². The first-order valence-electron chi connectivity index (χ1n) is 3.03. The number of aryl methyl sites for hydroxylation is 1. The zero-order valence-electron chi connectivity index (χ0n) is 5.91. The maximum atomic E-state index is 5.83. The number of hydrogen-bond acceptors (Lipinski definition) is 0. The highest BCUT2D eigenvalue weighted by Crippen LogP contribution is 2.15. The van der Waals surface area contributed by atoms with Crippen LogP contribution in [0, 0.1) is 6.92 Å². The van der Waals surface area contributed by atoms with Crippen molar-refractivity contribution in [3.05, 3.63) is 27.7 Å². The SMILES string of the molecule is Bc1c(C)cc(Cl)cc1Cl. The number of hydrogen-bond donors (Lipinski definition) is 0. The third-order valence-corrected chi connectivity index (χ3v) is 2.18. The van der Waals surface area contributed by atoms with Crippen LogP contribution >= 0.6 is 23.2 Å². The number of halogens is 2. The maximum Gasteiger partial charge on any atom is 0.141 e. The molecule has 0 aliphatic heterocycles. The molecule has 0 aliphatic carbocycles. The molecule has 0 bridgehead atoms. The van der Waals surface area contributed by atoms with Gasteiger partial charge in [-0.15, -0.1) is 0 Å². The van der Waals surface area contributed by atoms with Crippen LogP contribution in [0.2, 0.25) is 10.0 Å². The van der Waals surface area contributed by atoms with Crippen molar-refractivity contribution < 1.29 is 0 Å². The predicted octanol–water partition coefficient (Wildman–Crippen LogP) is 1.56. The van der Waals surface area contributed by atoms with Crippen LogP contribution in [0.15, 0.2) is 12.1 Å². The quantitative estimate of drug-likeness (QED) is 0.522. The lowest BCUT2D eigenvalue weighted by molar-refractivity contribution is 1.52. The molecule has 0 radical (unpaired) electrons. The maximum absolute atomic E-state index is 5.83. The lowest BCUT2D eigenvalue weighted by Gasteiger charge is -2.02. The van der Waals surface area contributed by atoms with Crippen molar-refractivity contribution in [1.29, 1.82) is 0 Å². The first-order valence-corrected chi connectivity index (χ1v) is 3.79. The van der Waals surface area contributed by atoms with Crippen molar-refractivity contribution in [2.45, 2.75) is 6.92 Å². The summed E-state index contributed by atoms with van der Waals surface area (Å²) < 4.78 is 0. The third kappa shape index (κ3) is 1.47. The van der Waals surface area contributed by atoms with Crippen LogP contribution < -0.4 is 5.46 Å². The fourth-order valence-electron chi connectivity index (χ4n) is 0.774. The van der Waals surface area contributed by atoms with Crippen LogP contribution in [0.1, 0.15) is 5.56 Å². The second-order valence-electron chi connectivity index (χ2n) is 2.33. The molecule has 0 unspecified atom stereocenters. The van der Waals surface area contributed by atoms with E-state index in [1.807, 2.05) is 20.8 Å². The van der Waals surface area contributed by atoms with E-state index >= 15 is 0 Å². The molecule has 0 saturated heterocycles. The van der Waals surface area contributed by atoms with Gasteiger partial charge in [-0.05, 0) is 19.1 Å². The first-order chi connectivity index (χ1) is 4.61. The van der Waals surface area contributed by atoms with E-state index in [9.17, 15) is 0 Å². The van der Waals surface area contributed by atoms with Crippen LogP contribution in [-0.2, 0) is 0 Å². The molecule has 0 saturated carbocycles. The van der Waals surface area contributed by atoms with Gasteiger partial charge in [-0.2, -0.15) is 0 Å². The van der Waals surface area contributed by atoms with Crippen molar-refractivity contribution >= 4 is 36.5 Å². The van der Waals surface area contributed by atoms with E-state index in [-0.39, 0.29) is 0 Å². The summed E-state index contributed by atoms with van der Waals surface area (Å²) in [6.07, 6.45) is 0. The topological polar surface area (TPSA) is 0 Å². The van der Waals surface area contributed by atoms with Gasteiger partial charge in [-0.1, -0.05) is 34.2 Å². The Morgan fingerprint density at radius 2 is 1.90 bits per heavy atom. The molecule has 0 spiro atoms. The highest BCUT2D eigenvalue weighted by atomic mass is 35.5. The van der Waals surface area contributed by atoms with Gasteiger partial charge in [0.05, 0.1) is 0 Å². The molecule has 0 N–H and O–H groups in total. The molecule has 1 aromatic carbocycles. The zero-order chi connectivity index (χ0) is 7.72. The zero-order valence-corrected chi connectivity index (χ0v) is 7.42. The Morgan fingerprint density at radius 1 is 1.30 bits per heavy atom. The fraction of sp³-hybridized carbons (Fsp3) is 0.143. The number of benzene rings is 1. The monoisotopic (exact) mass is 172 g/mol. The van der Waals surface area contributed by atoms with Crippen molar-refractivity contribution in [3.63, 3.8) is 0 Å². The van der Waals surface area contributed by atoms with Crippen molar-refractivity contribution in [3.8, 4) is 0 Å². The summed E-state index contributed by atoms with van der Waals surface area (Å²) in [6, 6.07) is 3.66. The van der Waals surface area contributed by atoms with Crippen LogP contribution in [0.3, 0.4) is 0 Å². The summed E-state index contributed by atoms with van der Waals surface area (Å²) in [5.41, 5.74) is 2.24. The van der Waals surface area contributed by atoms with Gasteiger partial charge >= 0.3 is 0 Å². The standard InChI is InChI=1S/C7H7BCl2/c1-4-2-5(9)3-6(10)7(4)8/h2-3H,8H2,1H3. The highest BCUT2D eigenvalue weighted by molar-refractivity contribution is 6.46. The minimum absolute atomic E-state index is 0.702. The highest BCUT2D eigenvalue weighted by Gasteiger charge is 1.98. The average Bonchev–Trinajstić information content (AvgIpc) is 1.82. The second kappa shape index (κ2) is 2.85. The lowest BCUT2D eigenvalue weighted by Crippen LogP contribution is -2.07. The van der Waals surface area contributed by atoms with Crippen LogP contribution in [0.25, 0.3) is 0 Å². The minimum atomic E-state index is 0.702. The van der Waals surface area contributed by atoms with Crippen LogP contribution in [-0.4, -0.2) is 7.85 Å². The smallest absolute Gasteiger partial charge is 0.0849 e. The van der Waals surface area contributed by atoms with Crippen molar-refractivity contribution in [2.75, 3.05) is 0 Å². The van der Waals surface area contributed by atoms with E-state index < -0.39 is 0 Å². The second-order valence-corrected chi connectivity index (χ2v) is 3.17. The molecular formula is C7H7BCl2. The Balaban J connectivity index is 3.31. The van der Waals surface area contributed by atoms with E-state index in [0.717, 1.165) is 16.0 Å². The largest absolute Gasteiger partial charge is 0.141 e. The third-order valence-electron chi connectivity index (χ3n) is 1.57. The molecule has 0 heterocycles. The minimum Gasteiger partial charge on any atom is -0.0849 e. The van der Waals surface area contributed by atoms with Gasteiger partial charge in [0.15, 0.2) is 0 Å². The van der Waals surface area contributed by atoms with E-state index in [0.29, 0.717) is 5.02 Å². The predicted molar refractivity (Wildman–Crippen MR) is 49.4 cm³/mol. The Kier molecular flexibility index (Phi) is 2.27. The summed E-state index contributed by atoms with van der Waals surface area (Å²) in [7, 11) is 1.98. The van der Waals surface area contributed by atoms with Gasteiger partial charge in [0, 0.05) is 10.0 Å². The first kappa shape index (κ1) is 7.97. The summed E-state index contributed by atoms with van der Waals surface area (Å²) >= 11 is 11.6. The fourth-order valence-corrected chi connectivity index (χ4v) is 1.37. The number of rotatable bonds is 0. The Bertz CT molecular complexity index is 235. The molecule has 0 aromatic heterocycles. The van der Waals surface area contributed by atoms with Gasteiger partial charge in [-0.3, -0.25) is 0 Å². The molecule has 3 heteroatoms. The normalized spacial score (nSPS) is 9.90. The van der Waals surface area contributed by atoms with Crippen molar-refractivity contribution in [2.24, 2.45) is 0 Å². The lowest BCUT2D eigenvalue weighted by atomic mass is 9.91. The van der Waals surface area contributed by atoms with Crippen LogP contribution in [0.4, 0.5) is 0 Å². The molecule has 1 rings (SSSR count). The van der Waals surface area contributed by atoms with E-state index in [1.54, 1.807) is 6.07 Å². The van der Waals surface area contributed by atoms with Gasteiger partial charge in [0.1, 0.15) is 7.85 Å². The molecule has 0 fully saturated rings. The summed E-state index contributed by atoms with van der Waals surface area (Å²) in [6.45, 7) is 1.99. The van der Waals surface area contributed by atoms with Gasteiger partial charge in [0.25, 0.3) is 0 Å². The summed E-state index contributed by atoms with van der Waals surface area (Å²) in [4.78, 5) is 0. The summed E-state index contributed by atoms with van der Waals surface area (Å²) in [5, 5.41) is 1.44.